The molecule has 1 aromatic heterocycles. The van der Waals surface area contributed by atoms with E-state index >= 15 is 0 Å². The second-order valence-corrected chi connectivity index (χ2v) is 5.11. The van der Waals surface area contributed by atoms with Gasteiger partial charge in [0.25, 0.3) is 0 Å². The molecule has 0 saturated carbocycles. The normalized spacial score (nSPS) is 12.6. The highest BCUT2D eigenvalue weighted by molar-refractivity contribution is 9.10. The number of rotatable bonds is 5. The van der Waals surface area contributed by atoms with Crippen molar-refractivity contribution in [2.24, 2.45) is 0 Å². The van der Waals surface area contributed by atoms with E-state index < -0.39 is 0 Å². The summed E-state index contributed by atoms with van der Waals surface area (Å²) in [6.45, 7) is 6.03. The summed E-state index contributed by atoms with van der Waals surface area (Å²) < 4.78 is 3.29. The third-order valence-electron chi connectivity index (χ3n) is 3.08. The first-order valence-corrected chi connectivity index (χ1v) is 6.99. The minimum atomic E-state index is 0.294. The van der Waals surface area contributed by atoms with E-state index in [0.717, 1.165) is 23.4 Å². The van der Waals surface area contributed by atoms with Gasteiger partial charge in [0, 0.05) is 29.5 Å². The van der Waals surface area contributed by atoms with Crippen molar-refractivity contribution in [1.29, 1.82) is 0 Å². The molecular weight excluding hydrogens is 290 g/mol. The van der Waals surface area contributed by atoms with Gasteiger partial charge in [-0.15, -0.1) is 0 Å². The Morgan fingerprint density at radius 1 is 1.39 bits per heavy atom. The lowest BCUT2D eigenvalue weighted by Crippen LogP contribution is -2.20. The van der Waals surface area contributed by atoms with Crippen LogP contribution in [0.15, 0.2) is 41.1 Å². The first-order chi connectivity index (χ1) is 8.72. The maximum atomic E-state index is 4.36. The molecule has 18 heavy (non-hydrogen) atoms. The lowest BCUT2D eigenvalue weighted by molar-refractivity contribution is 0.539. The third-order valence-corrected chi connectivity index (χ3v) is 3.80. The van der Waals surface area contributed by atoms with Gasteiger partial charge in [0.15, 0.2) is 0 Å². The minimum Gasteiger partial charge on any atom is -0.334 e. The Morgan fingerprint density at radius 3 is 2.89 bits per heavy atom. The highest BCUT2D eigenvalue weighted by Crippen LogP contribution is 2.22. The fraction of sp³-hybridized carbons (Fsp3) is 0.357. The van der Waals surface area contributed by atoms with Crippen molar-refractivity contribution < 1.29 is 0 Å². The monoisotopic (exact) mass is 307 g/mol. The number of benzene rings is 1. The van der Waals surface area contributed by atoms with Crippen LogP contribution in [-0.4, -0.2) is 9.55 Å². The van der Waals surface area contributed by atoms with Crippen LogP contribution in [0.5, 0.6) is 0 Å². The van der Waals surface area contributed by atoms with Crippen molar-refractivity contribution >= 4 is 15.9 Å². The Hall–Kier alpha value is -1.13. The topological polar surface area (TPSA) is 29.9 Å². The summed E-state index contributed by atoms with van der Waals surface area (Å²) in [4.78, 5) is 4.36. The number of nitrogens with zero attached hydrogens (tertiary/aromatic N) is 2. The van der Waals surface area contributed by atoms with Crippen LogP contribution < -0.4 is 5.32 Å². The van der Waals surface area contributed by atoms with Gasteiger partial charge in [0.05, 0.1) is 6.54 Å². The number of aryl methyl sites for hydroxylation is 1. The largest absolute Gasteiger partial charge is 0.334 e. The zero-order valence-electron chi connectivity index (χ0n) is 10.7. The number of hydrogen-bond donors (Lipinski definition) is 1. The van der Waals surface area contributed by atoms with E-state index in [1.807, 2.05) is 18.5 Å². The molecule has 3 nitrogen and oxygen atoms in total. The van der Waals surface area contributed by atoms with Crippen LogP contribution in [0.1, 0.15) is 31.3 Å². The first-order valence-electron chi connectivity index (χ1n) is 6.20. The van der Waals surface area contributed by atoms with Gasteiger partial charge in [0.1, 0.15) is 5.82 Å². The Labute approximate surface area is 116 Å². The van der Waals surface area contributed by atoms with E-state index in [1.54, 1.807) is 0 Å². The maximum Gasteiger partial charge on any atom is 0.122 e. The predicted octanol–water partition coefficient (Wildman–Crippen LogP) is 3.52. The van der Waals surface area contributed by atoms with Crippen molar-refractivity contribution in [1.82, 2.24) is 14.9 Å². The Bertz CT molecular complexity index is 507. The van der Waals surface area contributed by atoms with Gasteiger partial charge in [-0.25, -0.2) is 4.98 Å². The van der Waals surface area contributed by atoms with E-state index in [1.165, 1.54) is 5.56 Å². The summed E-state index contributed by atoms with van der Waals surface area (Å²) in [5.41, 5.74) is 1.27. The van der Waals surface area contributed by atoms with Crippen LogP contribution in [0, 0.1) is 0 Å². The number of nitrogens with one attached hydrogen (secondary N) is 1. The number of hydrogen-bond acceptors (Lipinski definition) is 2. The van der Waals surface area contributed by atoms with Gasteiger partial charge >= 0.3 is 0 Å². The van der Waals surface area contributed by atoms with Crippen molar-refractivity contribution in [3.63, 3.8) is 0 Å². The van der Waals surface area contributed by atoms with Gasteiger partial charge < -0.3 is 9.88 Å². The van der Waals surface area contributed by atoms with E-state index in [-0.39, 0.29) is 0 Å². The average Bonchev–Trinajstić information content (AvgIpc) is 2.84. The number of imidazole rings is 1. The molecule has 0 aliphatic heterocycles. The Balaban J connectivity index is 2.01. The van der Waals surface area contributed by atoms with Crippen molar-refractivity contribution in [3.05, 3.63) is 52.5 Å². The molecule has 0 fully saturated rings. The molecule has 0 spiro atoms. The zero-order valence-corrected chi connectivity index (χ0v) is 12.3. The molecule has 1 N–H and O–H groups in total. The molecule has 0 radical (unpaired) electrons. The molecular formula is C14H18BrN3. The summed E-state index contributed by atoms with van der Waals surface area (Å²) >= 11 is 3.58. The van der Waals surface area contributed by atoms with Crippen LogP contribution in [0.3, 0.4) is 0 Å². The molecule has 2 rings (SSSR count). The standard InChI is InChI=1S/C14H18BrN3/c1-3-18-9-8-16-14(18)10-17-11(2)12-6-4-5-7-13(12)15/h4-9,11,17H,3,10H2,1-2H3. The van der Waals surface area contributed by atoms with E-state index in [9.17, 15) is 0 Å². The molecule has 0 aliphatic carbocycles. The molecule has 96 valence electrons. The molecule has 1 heterocycles. The predicted molar refractivity (Wildman–Crippen MR) is 77.3 cm³/mol. The first kappa shape index (κ1) is 13.3. The van der Waals surface area contributed by atoms with E-state index in [2.05, 4.69) is 62.8 Å². The fourth-order valence-corrected chi connectivity index (χ4v) is 2.60. The van der Waals surface area contributed by atoms with Gasteiger partial charge in [-0.3, -0.25) is 0 Å². The molecule has 0 aliphatic rings. The number of halogens is 1. The van der Waals surface area contributed by atoms with Crippen LogP contribution in [0.2, 0.25) is 0 Å². The molecule has 1 aromatic carbocycles. The van der Waals surface area contributed by atoms with Crippen molar-refractivity contribution in [2.45, 2.75) is 33.0 Å². The fourth-order valence-electron chi connectivity index (χ4n) is 1.98. The smallest absolute Gasteiger partial charge is 0.122 e. The molecule has 4 heteroatoms. The summed E-state index contributed by atoms with van der Waals surface area (Å²) in [5, 5.41) is 3.50. The van der Waals surface area contributed by atoms with Crippen molar-refractivity contribution in [2.75, 3.05) is 0 Å². The quantitative estimate of drug-likeness (QED) is 0.916. The van der Waals surface area contributed by atoms with Gasteiger partial charge in [-0.1, -0.05) is 34.1 Å². The lowest BCUT2D eigenvalue weighted by Gasteiger charge is -2.16. The second kappa shape index (κ2) is 6.16. The van der Waals surface area contributed by atoms with Gasteiger partial charge in [-0.05, 0) is 25.5 Å². The molecule has 0 bridgehead atoms. The van der Waals surface area contributed by atoms with Gasteiger partial charge in [-0.2, -0.15) is 0 Å². The van der Waals surface area contributed by atoms with E-state index in [0.29, 0.717) is 6.04 Å². The zero-order chi connectivity index (χ0) is 13.0. The van der Waals surface area contributed by atoms with Crippen molar-refractivity contribution in [3.8, 4) is 0 Å². The summed E-state index contributed by atoms with van der Waals surface area (Å²) in [6, 6.07) is 8.59. The Morgan fingerprint density at radius 2 is 2.17 bits per heavy atom. The summed E-state index contributed by atoms with van der Waals surface area (Å²) in [6.07, 6.45) is 3.86. The average molecular weight is 308 g/mol. The molecule has 1 atom stereocenters. The molecule has 0 amide bonds. The maximum absolute atomic E-state index is 4.36. The molecule has 2 aromatic rings. The summed E-state index contributed by atoms with van der Waals surface area (Å²) in [5.74, 6) is 1.08. The van der Waals surface area contributed by atoms with Crippen LogP contribution in [0.25, 0.3) is 0 Å². The number of aromatic nitrogens is 2. The van der Waals surface area contributed by atoms with Crippen LogP contribution in [0.4, 0.5) is 0 Å². The molecule has 0 saturated heterocycles. The van der Waals surface area contributed by atoms with Crippen LogP contribution >= 0.6 is 15.9 Å². The highest BCUT2D eigenvalue weighted by Gasteiger charge is 2.09. The summed E-state index contributed by atoms with van der Waals surface area (Å²) in [7, 11) is 0. The highest BCUT2D eigenvalue weighted by atomic mass is 79.9. The minimum absolute atomic E-state index is 0.294. The lowest BCUT2D eigenvalue weighted by atomic mass is 10.1. The molecule has 1 unspecified atom stereocenters. The Kier molecular flexibility index (Phi) is 4.55. The second-order valence-electron chi connectivity index (χ2n) is 4.25. The van der Waals surface area contributed by atoms with Gasteiger partial charge in [0.2, 0.25) is 0 Å². The van der Waals surface area contributed by atoms with E-state index in [4.69, 9.17) is 0 Å². The third kappa shape index (κ3) is 3.00. The van der Waals surface area contributed by atoms with Crippen LogP contribution in [-0.2, 0) is 13.1 Å². The SMILES string of the molecule is CCn1ccnc1CNC(C)c1ccccc1Br.